The molecule has 10 heteroatoms. The first kappa shape index (κ1) is 29.5. The molecule has 4 rings (SSSR count). The van der Waals surface area contributed by atoms with Crippen molar-refractivity contribution in [1.29, 1.82) is 0 Å². The Kier molecular flexibility index (Phi) is 9.12. The number of ether oxygens (including phenoxy) is 2. The highest BCUT2D eigenvalue weighted by atomic mass is 32.2. The predicted octanol–water partition coefficient (Wildman–Crippen LogP) is 4.73. The number of rotatable bonds is 9. The zero-order chi connectivity index (χ0) is 28.9. The Labute approximate surface area is 234 Å². The van der Waals surface area contributed by atoms with E-state index in [2.05, 4.69) is 14.6 Å². The number of anilines is 1. The standard InChI is InChI=1S/C30H36FN3O5S/c1-30(2,3)27-18-23(26-19-24(31)20-32-29(26)35)17-22(28(27)38-4)8-5-21-6-9-25(10-7-21)33-40(36,37)16-13-34-11-14-39-15-12-34/h5-10,17-20,33H,11-16H2,1-4H3,(H,32,35). The molecule has 0 aliphatic carbocycles. The zero-order valence-electron chi connectivity index (χ0n) is 23.3. The molecule has 0 radical (unpaired) electrons. The maximum absolute atomic E-state index is 14.0. The number of hydrogen-bond acceptors (Lipinski definition) is 6. The lowest BCUT2D eigenvalue weighted by molar-refractivity contribution is 0.0408. The largest absolute Gasteiger partial charge is 0.496 e. The van der Waals surface area contributed by atoms with E-state index in [1.807, 2.05) is 51.1 Å². The van der Waals surface area contributed by atoms with Crippen LogP contribution in [-0.4, -0.2) is 64.0 Å². The molecule has 2 heterocycles. The minimum Gasteiger partial charge on any atom is -0.496 e. The van der Waals surface area contributed by atoms with Crippen molar-refractivity contribution in [1.82, 2.24) is 9.88 Å². The molecule has 1 saturated heterocycles. The Morgan fingerprint density at radius 1 is 1.10 bits per heavy atom. The van der Waals surface area contributed by atoms with Gasteiger partial charge in [0.15, 0.2) is 0 Å². The summed E-state index contributed by atoms with van der Waals surface area (Å²) in [7, 11) is -1.90. The summed E-state index contributed by atoms with van der Waals surface area (Å²) >= 11 is 0. The quantitative estimate of drug-likeness (QED) is 0.362. The number of hydrogen-bond donors (Lipinski definition) is 2. The van der Waals surface area contributed by atoms with E-state index in [0.717, 1.165) is 36.0 Å². The fourth-order valence-corrected chi connectivity index (χ4v) is 5.64. The molecule has 1 aliphatic rings. The van der Waals surface area contributed by atoms with Gasteiger partial charge in [-0.15, -0.1) is 0 Å². The Hall–Kier alpha value is -3.47. The molecule has 40 heavy (non-hydrogen) atoms. The second-order valence-corrected chi connectivity index (χ2v) is 12.6. The number of halogens is 1. The molecule has 1 aliphatic heterocycles. The molecule has 0 unspecified atom stereocenters. The van der Waals surface area contributed by atoms with Gasteiger partial charge in [0.05, 0.1) is 26.1 Å². The van der Waals surface area contributed by atoms with Gasteiger partial charge in [0.2, 0.25) is 10.0 Å². The minimum absolute atomic E-state index is 0.00898. The second kappa shape index (κ2) is 12.4. The molecular weight excluding hydrogens is 533 g/mol. The smallest absolute Gasteiger partial charge is 0.256 e. The van der Waals surface area contributed by atoms with Gasteiger partial charge in [-0.3, -0.25) is 14.4 Å². The number of aromatic amines is 1. The van der Waals surface area contributed by atoms with Gasteiger partial charge in [-0.05, 0) is 46.9 Å². The summed E-state index contributed by atoms with van der Waals surface area (Å²) in [6.45, 7) is 9.30. The molecule has 0 amide bonds. The van der Waals surface area contributed by atoms with Crippen LogP contribution in [0.5, 0.6) is 5.75 Å². The highest BCUT2D eigenvalue weighted by Crippen LogP contribution is 2.38. The van der Waals surface area contributed by atoms with Gasteiger partial charge in [0.25, 0.3) is 5.56 Å². The Morgan fingerprint density at radius 2 is 1.80 bits per heavy atom. The lowest BCUT2D eigenvalue weighted by Gasteiger charge is -2.26. The molecule has 0 atom stereocenters. The van der Waals surface area contributed by atoms with Crippen molar-refractivity contribution in [3.05, 3.63) is 81.5 Å². The van der Waals surface area contributed by atoms with E-state index in [1.165, 1.54) is 6.07 Å². The van der Waals surface area contributed by atoms with Gasteiger partial charge in [0, 0.05) is 48.2 Å². The van der Waals surface area contributed by atoms with E-state index in [4.69, 9.17) is 9.47 Å². The monoisotopic (exact) mass is 569 g/mol. The number of benzene rings is 2. The zero-order valence-corrected chi connectivity index (χ0v) is 24.1. The fraction of sp³-hybridized carbons (Fsp3) is 0.367. The summed E-state index contributed by atoms with van der Waals surface area (Å²) in [6, 6.07) is 11.9. The molecule has 1 fully saturated rings. The van der Waals surface area contributed by atoms with Crippen LogP contribution in [0.2, 0.25) is 0 Å². The molecule has 8 nitrogen and oxygen atoms in total. The van der Waals surface area contributed by atoms with Gasteiger partial charge < -0.3 is 14.5 Å². The molecule has 0 saturated carbocycles. The van der Waals surface area contributed by atoms with E-state index in [9.17, 15) is 17.6 Å². The van der Waals surface area contributed by atoms with Crippen LogP contribution in [0.3, 0.4) is 0 Å². The Bertz CT molecular complexity index is 1520. The van der Waals surface area contributed by atoms with Crippen LogP contribution in [0.25, 0.3) is 23.3 Å². The maximum atomic E-state index is 14.0. The molecule has 3 aromatic rings. The third-order valence-corrected chi connectivity index (χ3v) is 7.99. The van der Waals surface area contributed by atoms with Crippen molar-refractivity contribution < 1.29 is 22.3 Å². The first-order valence-corrected chi connectivity index (χ1v) is 14.8. The molecule has 0 spiro atoms. The van der Waals surface area contributed by atoms with E-state index in [-0.39, 0.29) is 22.3 Å². The summed E-state index contributed by atoms with van der Waals surface area (Å²) in [6.07, 6.45) is 4.78. The summed E-state index contributed by atoms with van der Waals surface area (Å²) in [5.74, 6) is 0.135. The molecule has 2 aromatic carbocycles. The number of nitrogens with zero attached hydrogens (tertiary/aromatic N) is 1. The van der Waals surface area contributed by atoms with Crippen molar-refractivity contribution in [3.63, 3.8) is 0 Å². The van der Waals surface area contributed by atoms with Crippen molar-refractivity contribution >= 4 is 27.9 Å². The maximum Gasteiger partial charge on any atom is 0.256 e. The van der Waals surface area contributed by atoms with Crippen LogP contribution in [0.4, 0.5) is 10.1 Å². The van der Waals surface area contributed by atoms with Crippen LogP contribution < -0.4 is 15.0 Å². The average Bonchev–Trinajstić information content (AvgIpc) is 2.92. The first-order valence-electron chi connectivity index (χ1n) is 13.1. The predicted molar refractivity (Wildman–Crippen MR) is 158 cm³/mol. The van der Waals surface area contributed by atoms with Crippen LogP contribution in [0, 0.1) is 5.82 Å². The lowest BCUT2D eigenvalue weighted by atomic mass is 9.83. The number of aromatic nitrogens is 1. The van der Waals surface area contributed by atoms with Gasteiger partial charge >= 0.3 is 0 Å². The topological polar surface area (TPSA) is 101 Å². The van der Waals surface area contributed by atoms with E-state index in [1.54, 1.807) is 25.3 Å². The second-order valence-electron chi connectivity index (χ2n) is 10.8. The van der Waals surface area contributed by atoms with Gasteiger partial charge in [-0.25, -0.2) is 12.8 Å². The number of morpholine rings is 1. The van der Waals surface area contributed by atoms with Gasteiger partial charge in [-0.2, -0.15) is 0 Å². The molecule has 0 bridgehead atoms. The van der Waals surface area contributed by atoms with E-state index < -0.39 is 15.8 Å². The summed E-state index contributed by atoms with van der Waals surface area (Å²) in [5.41, 5.74) is 3.03. The van der Waals surface area contributed by atoms with Crippen LogP contribution >= 0.6 is 0 Å². The fourth-order valence-electron chi connectivity index (χ4n) is 4.54. The molecule has 2 N–H and O–H groups in total. The SMILES string of the molecule is COc1c(C=Cc2ccc(NS(=O)(=O)CCN3CCOCC3)cc2)cc(-c2cc(F)c[nH]c2=O)cc1C(C)(C)C. The van der Waals surface area contributed by atoms with Crippen molar-refractivity contribution in [2.24, 2.45) is 0 Å². The third-order valence-electron chi connectivity index (χ3n) is 6.73. The van der Waals surface area contributed by atoms with Crippen LogP contribution in [0.15, 0.2) is 53.5 Å². The highest BCUT2D eigenvalue weighted by molar-refractivity contribution is 7.92. The van der Waals surface area contributed by atoms with Crippen molar-refractivity contribution in [2.45, 2.75) is 26.2 Å². The molecular formula is C30H36FN3O5S. The average molecular weight is 570 g/mol. The summed E-state index contributed by atoms with van der Waals surface area (Å²) in [4.78, 5) is 17.0. The summed E-state index contributed by atoms with van der Waals surface area (Å²) in [5, 5.41) is 0. The number of methoxy groups -OCH3 is 1. The van der Waals surface area contributed by atoms with E-state index in [0.29, 0.717) is 36.8 Å². The summed E-state index contributed by atoms with van der Waals surface area (Å²) < 4.78 is 52.9. The Morgan fingerprint density at radius 3 is 2.45 bits per heavy atom. The third kappa shape index (κ3) is 7.59. The van der Waals surface area contributed by atoms with Crippen molar-refractivity contribution in [2.75, 3.05) is 50.4 Å². The number of pyridine rings is 1. The van der Waals surface area contributed by atoms with Gasteiger partial charge in [-0.1, -0.05) is 45.1 Å². The van der Waals surface area contributed by atoms with Gasteiger partial charge in [0.1, 0.15) is 11.6 Å². The lowest BCUT2D eigenvalue weighted by Crippen LogP contribution is -2.39. The number of sulfonamides is 1. The molecule has 214 valence electrons. The number of nitrogens with one attached hydrogen (secondary N) is 2. The van der Waals surface area contributed by atoms with Crippen LogP contribution in [-0.2, 0) is 20.2 Å². The van der Waals surface area contributed by atoms with Crippen molar-refractivity contribution in [3.8, 4) is 16.9 Å². The van der Waals surface area contributed by atoms with Crippen LogP contribution in [0.1, 0.15) is 37.5 Å². The Balaban J connectivity index is 1.56. The van der Waals surface area contributed by atoms with E-state index >= 15 is 0 Å². The molecule has 1 aromatic heterocycles. The normalized spacial score (nSPS) is 14.9. The highest BCUT2D eigenvalue weighted by Gasteiger charge is 2.23. The minimum atomic E-state index is -3.49. The first-order chi connectivity index (χ1) is 18.9. The number of H-pyrrole nitrogens is 1.